The van der Waals surface area contributed by atoms with E-state index in [0.29, 0.717) is 0 Å². The van der Waals surface area contributed by atoms with Crippen LogP contribution in [0.5, 0.6) is 0 Å². The number of nitrogens with zero attached hydrogens (tertiary/aromatic N) is 2. The van der Waals surface area contributed by atoms with E-state index in [0.717, 1.165) is 0 Å². The summed E-state index contributed by atoms with van der Waals surface area (Å²) in [5, 5.41) is 2.58. The molecule has 2 nitrogen and oxygen atoms in total. The Kier molecular flexibility index (Phi) is 7.12. The molecular formula is C25H33N2PSi2. The highest BCUT2D eigenvalue weighted by atomic mass is 31.1. The van der Waals surface area contributed by atoms with Gasteiger partial charge in [-0.25, -0.2) is 4.76 Å². The molecule has 0 saturated heterocycles. The lowest BCUT2D eigenvalue weighted by Crippen LogP contribution is -2.62. The summed E-state index contributed by atoms with van der Waals surface area (Å²) in [6, 6.07) is 32.3. The van der Waals surface area contributed by atoms with Crippen molar-refractivity contribution >= 4 is 41.0 Å². The van der Waals surface area contributed by atoms with Gasteiger partial charge < -0.3 is 4.23 Å². The van der Waals surface area contributed by atoms with E-state index in [-0.39, 0.29) is 0 Å². The molecule has 5 heteroatoms. The molecule has 0 saturated carbocycles. The molecule has 0 fully saturated rings. The SMILES string of the molecule is C[Si](C)(C)N(/C(=N\P(c1ccccc1)c1ccccc1)c1ccccc1)[Si](C)(C)C. The number of hydrogen-bond acceptors (Lipinski definition) is 1. The van der Waals surface area contributed by atoms with Crippen molar-refractivity contribution in [2.24, 2.45) is 4.76 Å². The van der Waals surface area contributed by atoms with E-state index in [2.05, 4.69) is 135 Å². The Balaban J connectivity index is 2.27. The molecule has 0 aliphatic rings. The van der Waals surface area contributed by atoms with Crippen molar-refractivity contribution in [3.63, 3.8) is 0 Å². The van der Waals surface area contributed by atoms with Gasteiger partial charge in [-0.2, -0.15) is 0 Å². The second-order valence-corrected chi connectivity index (χ2v) is 21.3. The van der Waals surface area contributed by atoms with Crippen LogP contribution in [0.2, 0.25) is 39.3 Å². The minimum absolute atomic E-state index is 0.850. The Morgan fingerprint density at radius 1 is 0.600 bits per heavy atom. The van der Waals surface area contributed by atoms with Gasteiger partial charge in [0.05, 0.1) is 8.07 Å². The molecule has 3 rings (SSSR count). The maximum atomic E-state index is 5.60. The van der Waals surface area contributed by atoms with E-state index in [4.69, 9.17) is 4.76 Å². The van der Waals surface area contributed by atoms with E-state index in [9.17, 15) is 0 Å². The van der Waals surface area contributed by atoms with Crippen LogP contribution in [0.1, 0.15) is 5.56 Å². The van der Waals surface area contributed by atoms with Crippen molar-refractivity contribution in [2.75, 3.05) is 0 Å². The topological polar surface area (TPSA) is 15.6 Å². The van der Waals surface area contributed by atoms with Crippen LogP contribution in [0.4, 0.5) is 0 Å². The zero-order chi connectivity index (χ0) is 21.8. The first-order chi connectivity index (χ1) is 14.2. The smallest absolute Gasteiger partial charge is 0.140 e. The van der Waals surface area contributed by atoms with Gasteiger partial charge >= 0.3 is 0 Å². The lowest BCUT2D eigenvalue weighted by molar-refractivity contribution is 0.902. The average Bonchev–Trinajstić information content (AvgIpc) is 2.71. The fraction of sp³-hybridized carbons (Fsp3) is 0.240. The number of rotatable bonds is 6. The van der Waals surface area contributed by atoms with Crippen LogP contribution in [0, 0.1) is 0 Å². The van der Waals surface area contributed by atoms with Crippen molar-refractivity contribution in [2.45, 2.75) is 39.3 Å². The van der Waals surface area contributed by atoms with Crippen LogP contribution in [0.15, 0.2) is 95.8 Å². The summed E-state index contributed by atoms with van der Waals surface area (Å²) in [7, 11) is -4.17. The Morgan fingerprint density at radius 2 is 0.967 bits per heavy atom. The van der Waals surface area contributed by atoms with Crippen molar-refractivity contribution in [3.8, 4) is 0 Å². The molecular weight excluding hydrogens is 415 g/mol. The first-order valence-corrected chi connectivity index (χ1v) is 18.7. The molecule has 156 valence electrons. The molecule has 0 aliphatic heterocycles. The summed E-state index contributed by atoms with van der Waals surface area (Å²) in [5.41, 5.74) is 1.22. The lowest BCUT2D eigenvalue weighted by Gasteiger charge is -2.46. The standard InChI is InChI=1S/C25H33N2PSi2/c1-29(2,3)27(30(4,5)6)25(22-16-10-7-11-17-22)26-28(23-18-12-8-13-19-23)24-20-14-9-15-21-24/h7-21H,1-6H3/b26-25-. The van der Waals surface area contributed by atoms with Crippen molar-refractivity contribution < 1.29 is 0 Å². The highest BCUT2D eigenvalue weighted by Crippen LogP contribution is 2.38. The van der Waals surface area contributed by atoms with Crippen molar-refractivity contribution in [1.29, 1.82) is 0 Å². The van der Waals surface area contributed by atoms with E-state index in [1.54, 1.807) is 0 Å². The van der Waals surface area contributed by atoms with E-state index < -0.39 is 24.5 Å². The van der Waals surface area contributed by atoms with E-state index >= 15 is 0 Å². The molecule has 0 N–H and O–H groups in total. The van der Waals surface area contributed by atoms with Gasteiger partial charge in [0.1, 0.15) is 22.3 Å². The second kappa shape index (κ2) is 9.42. The summed E-state index contributed by atoms with van der Waals surface area (Å²) in [4.78, 5) is 0. The molecule has 0 radical (unpaired) electrons. The predicted octanol–water partition coefficient (Wildman–Crippen LogP) is 6.45. The van der Waals surface area contributed by atoms with Gasteiger partial charge in [0.25, 0.3) is 0 Å². The number of benzene rings is 3. The monoisotopic (exact) mass is 448 g/mol. The van der Waals surface area contributed by atoms with Gasteiger partial charge in [-0.3, -0.25) is 0 Å². The van der Waals surface area contributed by atoms with Gasteiger partial charge in [-0.15, -0.1) is 0 Å². The van der Waals surface area contributed by atoms with Crippen molar-refractivity contribution in [3.05, 3.63) is 96.6 Å². The van der Waals surface area contributed by atoms with Crippen LogP contribution in [0.25, 0.3) is 0 Å². The average molecular weight is 449 g/mol. The maximum Gasteiger partial charge on any atom is 0.140 e. The van der Waals surface area contributed by atoms with Gasteiger partial charge in [-0.1, -0.05) is 130 Å². The molecule has 3 aromatic carbocycles. The Bertz CT molecular complexity index is 909. The highest BCUT2D eigenvalue weighted by Gasteiger charge is 2.37. The van der Waals surface area contributed by atoms with Crippen LogP contribution in [-0.4, -0.2) is 26.5 Å². The zero-order valence-corrected chi connectivity index (χ0v) is 21.9. The summed E-state index contributed by atoms with van der Waals surface area (Å²) in [6.45, 7) is 14.6. The normalized spacial score (nSPS) is 12.8. The highest BCUT2D eigenvalue weighted by molar-refractivity contribution is 7.72. The quantitative estimate of drug-likeness (QED) is 0.183. The molecule has 3 aromatic rings. The van der Waals surface area contributed by atoms with Gasteiger partial charge in [-0.05, 0) is 0 Å². The fourth-order valence-corrected chi connectivity index (χ4v) is 15.6. The maximum absolute atomic E-state index is 5.60. The Labute approximate surface area is 185 Å². The molecule has 0 atom stereocenters. The van der Waals surface area contributed by atoms with Crippen LogP contribution in [0.3, 0.4) is 0 Å². The second-order valence-electron chi connectivity index (χ2n) is 9.45. The third-order valence-electron chi connectivity index (χ3n) is 4.78. The number of hydrogen-bond donors (Lipinski definition) is 0. The summed E-state index contributed by atoms with van der Waals surface area (Å²) < 4.78 is 8.34. The molecule has 0 bridgehead atoms. The lowest BCUT2D eigenvalue weighted by atomic mass is 10.2. The third-order valence-corrected chi connectivity index (χ3v) is 13.9. The van der Waals surface area contributed by atoms with Crippen LogP contribution in [-0.2, 0) is 0 Å². The fourth-order valence-electron chi connectivity index (χ4n) is 3.96. The minimum Gasteiger partial charge on any atom is -0.409 e. The first kappa shape index (κ1) is 22.7. The molecule has 0 amide bonds. The molecule has 0 aromatic heterocycles. The minimum atomic E-state index is -1.66. The van der Waals surface area contributed by atoms with Crippen LogP contribution < -0.4 is 10.6 Å². The molecule has 0 spiro atoms. The number of amidine groups is 1. The van der Waals surface area contributed by atoms with Crippen molar-refractivity contribution in [1.82, 2.24) is 4.23 Å². The molecule has 0 aliphatic carbocycles. The third kappa shape index (κ3) is 5.57. The van der Waals surface area contributed by atoms with Gasteiger partial charge in [0, 0.05) is 16.2 Å². The zero-order valence-electron chi connectivity index (χ0n) is 19.0. The predicted molar refractivity (Wildman–Crippen MR) is 141 cm³/mol. The van der Waals surface area contributed by atoms with Gasteiger partial charge in [0.15, 0.2) is 0 Å². The summed E-state index contributed by atoms with van der Waals surface area (Å²) >= 11 is 0. The van der Waals surface area contributed by atoms with E-state index in [1.165, 1.54) is 22.0 Å². The van der Waals surface area contributed by atoms with Gasteiger partial charge in [0.2, 0.25) is 0 Å². The largest absolute Gasteiger partial charge is 0.409 e. The first-order valence-electron chi connectivity index (χ1n) is 10.5. The van der Waals surface area contributed by atoms with Crippen LogP contribution >= 0.6 is 8.07 Å². The Morgan fingerprint density at radius 3 is 1.33 bits per heavy atom. The molecule has 30 heavy (non-hydrogen) atoms. The summed E-state index contributed by atoms with van der Waals surface area (Å²) in [6.07, 6.45) is 0. The van der Waals surface area contributed by atoms with E-state index in [1.807, 2.05) is 0 Å². The Hall–Kier alpha value is -2.01. The summed E-state index contributed by atoms with van der Waals surface area (Å²) in [5.74, 6) is 1.17. The molecule has 0 heterocycles. The molecule has 0 unspecified atom stereocenters.